The Labute approximate surface area is 61.9 Å². The first kappa shape index (κ1) is 7.98. The third kappa shape index (κ3) is 1.48. The Morgan fingerprint density at radius 1 is 1.10 bits per heavy atom. The summed E-state index contributed by atoms with van der Waals surface area (Å²) < 4.78 is 10.4. The molecule has 0 amide bonds. The molecule has 1 rings (SSSR count). The zero-order chi connectivity index (χ0) is 7.56. The summed E-state index contributed by atoms with van der Waals surface area (Å²) in [5.41, 5.74) is 0. The quantitative estimate of drug-likeness (QED) is 0.544. The molecule has 1 aliphatic rings. The van der Waals surface area contributed by atoms with Crippen molar-refractivity contribution in [2.75, 3.05) is 34.4 Å². The van der Waals surface area contributed by atoms with Crippen LogP contribution in [0.4, 0.5) is 0 Å². The maximum Gasteiger partial charge on any atom is 0.0971 e. The predicted octanol–water partition coefficient (Wildman–Crippen LogP) is -0.0382. The van der Waals surface area contributed by atoms with Crippen LogP contribution in [0.25, 0.3) is 0 Å². The molecule has 1 saturated heterocycles. The summed E-state index contributed by atoms with van der Waals surface area (Å²) in [5, 5.41) is 0. The number of rotatable bonds is 2. The van der Waals surface area contributed by atoms with Crippen LogP contribution >= 0.6 is 0 Å². The molecule has 0 aromatic heterocycles. The van der Waals surface area contributed by atoms with E-state index in [0.29, 0.717) is 0 Å². The molecule has 0 aliphatic carbocycles. The average Bonchev–Trinajstić information content (AvgIpc) is 2.30. The number of likely N-dealkylation sites (N-methyl/N-ethyl adjacent to an activating group) is 1. The van der Waals surface area contributed by atoms with Crippen molar-refractivity contribution in [2.45, 2.75) is 12.2 Å². The molecule has 60 valence electrons. The maximum atomic E-state index is 5.22. The molecule has 1 heterocycles. The van der Waals surface area contributed by atoms with E-state index in [1.54, 1.807) is 14.2 Å². The first-order valence-electron chi connectivity index (χ1n) is 3.52. The number of likely N-dealkylation sites (tertiary alicyclic amines) is 1. The molecule has 0 bridgehead atoms. The Hall–Kier alpha value is -0.120. The zero-order valence-corrected chi connectivity index (χ0v) is 6.83. The second-order valence-corrected chi connectivity index (χ2v) is 2.77. The van der Waals surface area contributed by atoms with Gasteiger partial charge in [-0.05, 0) is 7.05 Å². The molecule has 1 fully saturated rings. The first-order chi connectivity index (χ1) is 4.77. The fraction of sp³-hybridized carbons (Fsp3) is 1.00. The van der Waals surface area contributed by atoms with Crippen molar-refractivity contribution in [3.63, 3.8) is 0 Å². The molecule has 10 heavy (non-hydrogen) atoms. The lowest BCUT2D eigenvalue weighted by Crippen LogP contribution is -2.27. The van der Waals surface area contributed by atoms with E-state index in [1.165, 1.54) is 0 Å². The van der Waals surface area contributed by atoms with Gasteiger partial charge < -0.3 is 14.4 Å². The monoisotopic (exact) mass is 145 g/mol. The highest BCUT2D eigenvalue weighted by Gasteiger charge is 2.30. The van der Waals surface area contributed by atoms with E-state index in [4.69, 9.17) is 9.47 Å². The first-order valence-corrected chi connectivity index (χ1v) is 3.52. The Bertz CT molecular complexity index is 95.8. The minimum absolute atomic E-state index is 0.259. The van der Waals surface area contributed by atoms with E-state index in [1.807, 2.05) is 0 Å². The van der Waals surface area contributed by atoms with Gasteiger partial charge in [0.15, 0.2) is 0 Å². The summed E-state index contributed by atoms with van der Waals surface area (Å²) in [6, 6.07) is 0. The number of hydrogen-bond donors (Lipinski definition) is 0. The van der Waals surface area contributed by atoms with Crippen molar-refractivity contribution in [1.29, 1.82) is 0 Å². The lowest BCUT2D eigenvalue weighted by atomic mass is 10.3. The van der Waals surface area contributed by atoms with Crippen molar-refractivity contribution in [3.05, 3.63) is 0 Å². The van der Waals surface area contributed by atoms with Gasteiger partial charge in [0.05, 0.1) is 12.2 Å². The van der Waals surface area contributed by atoms with Gasteiger partial charge in [0.2, 0.25) is 0 Å². The Morgan fingerprint density at radius 3 is 1.80 bits per heavy atom. The molecule has 0 spiro atoms. The van der Waals surface area contributed by atoms with Crippen LogP contribution in [0.15, 0.2) is 0 Å². The third-order valence-electron chi connectivity index (χ3n) is 2.00. The maximum absolute atomic E-state index is 5.22. The van der Waals surface area contributed by atoms with E-state index < -0.39 is 0 Å². The van der Waals surface area contributed by atoms with Gasteiger partial charge in [0.25, 0.3) is 0 Å². The molecule has 0 radical (unpaired) electrons. The Kier molecular flexibility index (Phi) is 2.65. The van der Waals surface area contributed by atoms with Crippen LogP contribution in [0.1, 0.15) is 0 Å². The topological polar surface area (TPSA) is 21.7 Å². The number of methoxy groups -OCH3 is 2. The fourth-order valence-corrected chi connectivity index (χ4v) is 1.38. The van der Waals surface area contributed by atoms with E-state index in [-0.39, 0.29) is 12.2 Å². The van der Waals surface area contributed by atoms with Gasteiger partial charge in [-0.15, -0.1) is 0 Å². The van der Waals surface area contributed by atoms with Crippen LogP contribution < -0.4 is 0 Å². The van der Waals surface area contributed by atoms with Crippen LogP contribution in [0.5, 0.6) is 0 Å². The summed E-state index contributed by atoms with van der Waals surface area (Å²) in [7, 11) is 5.54. The second-order valence-electron chi connectivity index (χ2n) is 2.77. The minimum atomic E-state index is 0.259. The van der Waals surface area contributed by atoms with Crippen molar-refractivity contribution in [1.82, 2.24) is 4.90 Å². The van der Waals surface area contributed by atoms with Crippen LogP contribution in [-0.4, -0.2) is 51.5 Å². The van der Waals surface area contributed by atoms with Gasteiger partial charge in [-0.25, -0.2) is 0 Å². The van der Waals surface area contributed by atoms with E-state index in [9.17, 15) is 0 Å². The fourth-order valence-electron chi connectivity index (χ4n) is 1.38. The highest BCUT2D eigenvalue weighted by molar-refractivity contribution is 4.83. The summed E-state index contributed by atoms with van der Waals surface area (Å²) in [6.45, 7) is 1.96. The largest absolute Gasteiger partial charge is 0.377 e. The Morgan fingerprint density at radius 2 is 1.50 bits per heavy atom. The average molecular weight is 145 g/mol. The predicted molar refractivity (Wildman–Crippen MR) is 39.1 cm³/mol. The summed E-state index contributed by atoms with van der Waals surface area (Å²) >= 11 is 0. The lowest BCUT2D eigenvalue weighted by molar-refractivity contribution is -0.00461. The SMILES string of the molecule is CO[C@@H]1CN(C)C[C@H]1OC. The normalized spacial score (nSPS) is 35.1. The summed E-state index contributed by atoms with van der Waals surface area (Å²) in [5.74, 6) is 0. The summed E-state index contributed by atoms with van der Waals surface area (Å²) in [4.78, 5) is 2.21. The molecule has 0 aromatic rings. The van der Waals surface area contributed by atoms with Crippen LogP contribution in [0.3, 0.4) is 0 Å². The minimum Gasteiger partial charge on any atom is -0.377 e. The van der Waals surface area contributed by atoms with Crippen LogP contribution in [0.2, 0.25) is 0 Å². The van der Waals surface area contributed by atoms with E-state index in [2.05, 4.69) is 11.9 Å². The highest BCUT2D eigenvalue weighted by atomic mass is 16.5. The van der Waals surface area contributed by atoms with Crippen LogP contribution in [0, 0.1) is 0 Å². The highest BCUT2D eigenvalue weighted by Crippen LogP contribution is 2.12. The van der Waals surface area contributed by atoms with E-state index in [0.717, 1.165) is 13.1 Å². The van der Waals surface area contributed by atoms with Gasteiger partial charge in [0, 0.05) is 27.3 Å². The molecule has 0 unspecified atom stereocenters. The van der Waals surface area contributed by atoms with Crippen molar-refractivity contribution in [2.24, 2.45) is 0 Å². The van der Waals surface area contributed by atoms with E-state index >= 15 is 0 Å². The number of hydrogen-bond acceptors (Lipinski definition) is 3. The van der Waals surface area contributed by atoms with Crippen molar-refractivity contribution in [3.8, 4) is 0 Å². The van der Waals surface area contributed by atoms with Gasteiger partial charge in [0.1, 0.15) is 0 Å². The second kappa shape index (κ2) is 3.32. The molecular weight excluding hydrogens is 130 g/mol. The smallest absolute Gasteiger partial charge is 0.0971 e. The molecule has 0 aromatic carbocycles. The molecule has 1 aliphatic heterocycles. The molecule has 3 nitrogen and oxygen atoms in total. The molecule has 0 saturated carbocycles. The number of nitrogens with zero attached hydrogens (tertiary/aromatic N) is 1. The standard InChI is InChI=1S/C7H15NO2/c1-8-4-6(9-2)7(5-8)10-3/h6-7H,4-5H2,1-3H3/t6-,7-/m1/s1. The molecule has 3 heteroatoms. The lowest BCUT2D eigenvalue weighted by Gasteiger charge is -2.13. The molecule has 2 atom stereocenters. The number of ether oxygens (including phenoxy) is 2. The molecule has 0 N–H and O–H groups in total. The van der Waals surface area contributed by atoms with Gasteiger partial charge in [-0.2, -0.15) is 0 Å². The van der Waals surface area contributed by atoms with Crippen molar-refractivity contribution >= 4 is 0 Å². The third-order valence-corrected chi connectivity index (χ3v) is 2.00. The van der Waals surface area contributed by atoms with Gasteiger partial charge in [-0.1, -0.05) is 0 Å². The van der Waals surface area contributed by atoms with Crippen LogP contribution in [-0.2, 0) is 9.47 Å². The molecular formula is C7H15NO2. The van der Waals surface area contributed by atoms with Crippen molar-refractivity contribution < 1.29 is 9.47 Å². The summed E-state index contributed by atoms with van der Waals surface area (Å²) in [6.07, 6.45) is 0.519. The Balaban J connectivity index is 2.41. The van der Waals surface area contributed by atoms with Gasteiger partial charge >= 0.3 is 0 Å². The van der Waals surface area contributed by atoms with Gasteiger partial charge in [-0.3, -0.25) is 0 Å². The zero-order valence-electron chi connectivity index (χ0n) is 6.83.